The molecule has 0 N–H and O–H groups in total. The van der Waals surface area contributed by atoms with Crippen LogP contribution in [0.3, 0.4) is 0 Å². The first-order valence-electron chi connectivity index (χ1n) is 8.03. The van der Waals surface area contributed by atoms with E-state index >= 15 is 0 Å². The number of rotatable bonds is 9. The van der Waals surface area contributed by atoms with E-state index in [1.165, 1.54) is 13.2 Å². The van der Waals surface area contributed by atoms with Gasteiger partial charge in [-0.15, -0.1) is 0 Å². The highest BCUT2D eigenvalue weighted by molar-refractivity contribution is 6.30. The summed E-state index contributed by atoms with van der Waals surface area (Å²) in [6.45, 7) is 0.284. The third-order valence-electron chi connectivity index (χ3n) is 3.30. The molecule has 0 fully saturated rings. The molecule has 0 saturated heterocycles. The molecule has 140 valence electrons. The fourth-order valence-electron chi connectivity index (χ4n) is 2.06. The van der Waals surface area contributed by atoms with Crippen molar-refractivity contribution in [3.05, 3.63) is 59.1 Å². The van der Waals surface area contributed by atoms with Crippen molar-refractivity contribution in [2.24, 2.45) is 0 Å². The average molecular weight is 388 g/mol. The molecule has 0 unspecified atom stereocenters. The van der Waals surface area contributed by atoms with Gasteiger partial charge < -0.3 is 18.9 Å². The number of nitrogens with zero attached hydrogens (tertiary/aromatic N) is 1. The van der Waals surface area contributed by atoms with E-state index in [-0.39, 0.29) is 19.8 Å². The number of carbonyl (C=O) groups excluding carboxylic acids is 1. The lowest BCUT2D eigenvalue weighted by molar-refractivity contribution is -0.138. The number of hydrogen-bond acceptors (Lipinski definition) is 6. The SMILES string of the molecule is COc1cc(C=CC(=O)OCCOc2ccc(Cl)cc2)ccc1OCC#N. The van der Waals surface area contributed by atoms with Crippen molar-refractivity contribution in [3.63, 3.8) is 0 Å². The second kappa shape index (κ2) is 10.7. The zero-order valence-electron chi connectivity index (χ0n) is 14.7. The molecule has 0 amide bonds. The Morgan fingerprint density at radius 1 is 1.11 bits per heavy atom. The summed E-state index contributed by atoms with van der Waals surface area (Å²) in [5, 5.41) is 9.19. The van der Waals surface area contributed by atoms with Crippen LogP contribution >= 0.6 is 11.6 Å². The third-order valence-corrected chi connectivity index (χ3v) is 3.55. The molecule has 2 aromatic rings. The van der Waals surface area contributed by atoms with Crippen LogP contribution in [0.2, 0.25) is 5.02 Å². The number of methoxy groups -OCH3 is 1. The monoisotopic (exact) mass is 387 g/mol. The first-order valence-corrected chi connectivity index (χ1v) is 8.41. The van der Waals surface area contributed by atoms with Gasteiger partial charge in [-0.05, 0) is 48.0 Å². The molecule has 0 saturated carbocycles. The number of halogens is 1. The largest absolute Gasteiger partial charge is 0.493 e. The number of nitriles is 1. The summed E-state index contributed by atoms with van der Waals surface area (Å²) < 4.78 is 21.0. The molecule has 0 heterocycles. The van der Waals surface area contributed by atoms with Crippen LogP contribution in [0.1, 0.15) is 5.56 Å². The normalized spacial score (nSPS) is 10.3. The van der Waals surface area contributed by atoms with Crippen LogP contribution in [0.15, 0.2) is 48.5 Å². The van der Waals surface area contributed by atoms with Gasteiger partial charge in [0.15, 0.2) is 18.1 Å². The van der Waals surface area contributed by atoms with Gasteiger partial charge in [0.25, 0.3) is 0 Å². The minimum absolute atomic E-state index is 0.0734. The first-order chi connectivity index (χ1) is 13.1. The van der Waals surface area contributed by atoms with Crippen molar-refractivity contribution in [1.82, 2.24) is 0 Å². The van der Waals surface area contributed by atoms with E-state index < -0.39 is 5.97 Å². The van der Waals surface area contributed by atoms with E-state index in [0.29, 0.717) is 22.3 Å². The van der Waals surface area contributed by atoms with Gasteiger partial charge in [-0.2, -0.15) is 5.26 Å². The fourth-order valence-corrected chi connectivity index (χ4v) is 2.19. The Morgan fingerprint density at radius 3 is 2.59 bits per heavy atom. The molecule has 27 heavy (non-hydrogen) atoms. The highest BCUT2D eigenvalue weighted by atomic mass is 35.5. The highest BCUT2D eigenvalue weighted by Gasteiger charge is 2.05. The van der Waals surface area contributed by atoms with E-state index in [1.807, 2.05) is 6.07 Å². The Balaban J connectivity index is 1.80. The number of carbonyl (C=O) groups is 1. The minimum atomic E-state index is -0.488. The van der Waals surface area contributed by atoms with Gasteiger partial charge in [-0.3, -0.25) is 0 Å². The van der Waals surface area contributed by atoms with Gasteiger partial charge >= 0.3 is 5.97 Å². The molecule has 2 rings (SSSR count). The number of hydrogen-bond donors (Lipinski definition) is 0. The molecule has 0 aliphatic rings. The number of ether oxygens (including phenoxy) is 4. The van der Waals surface area contributed by atoms with Crippen molar-refractivity contribution < 1.29 is 23.7 Å². The van der Waals surface area contributed by atoms with Crippen molar-refractivity contribution in [2.75, 3.05) is 26.9 Å². The molecule has 0 atom stereocenters. The van der Waals surface area contributed by atoms with Gasteiger partial charge in [-0.1, -0.05) is 17.7 Å². The summed E-state index contributed by atoms with van der Waals surface area (Å²) in [6, 6.07) is 13.9. The van der Waals surface area contributed by atoms with Crippen molar-refractivity contribution >= 4 is 23.6 Å². The maximum Gasteiger partial charge on any atom is 0.330 e. The molecule has 0 aliphatic carbocycles. The topological polar surface area (TPSA) is 77.8 Å². The van der Waals surface area contributed by atoms with E-state index in [0.717, 1.165) is 5.56 Å². The molecule has 2 aromatic carbocycles. The summed E-state index contributed by atoms with van der Waals surface area (Å²) in [6.07, 6.45) is 2.91. The van der Waals surface area contributed by atoms with Crippen LogP contribution in [-0.2, 0) is 9.53 Å². The van der Waals surface area contributed by atoms with E-state index in [4.69, 9.17) is 35.8 Å². The molecule has 0 spiro atoms. The van der Waals surface area contributed by atoms with Gasteiger partial charge in [-0.25, -0.2) is 4.79 Å². The zero-order valence-corrected chi connectivity index (χ0v) is 15.4. The summed E-state index contributed by atoms with van der Waals surface area (Å²) in [4.78, 5) is 11.8. The number of benzene rings is 2. The highest BCUT2D eigenvalue weighted by Crippen LogP contribution is 2.28. The van der Waals surface area contributed by atoms with Crippen molar-refractivity contribution in [2.45, 2.75) is 0 Å². The van der Waals surface area contributed by atoms with E-state index in [9.17, 15) is 4.79 Å². The van der Waals surface area contributed by atoms with E-state index in [1.54, 1.807) is 48.5 Å². The standard InChI is InChI=1S/C20H18ClNO5/c1-24-19-14-15(2-8-18(19)26-11-10-22)3-9-20(23)27-13-12-25-17-6-4-16(21)5-7-17/h2-9,14H,11-13H2,1H3. The Hall–Kier alpha value is -3.17. The predicted molar refractivity (Wildman–Crippen MR) is 101 cm³/mol. The fraction of sp³-hybridized carbons (Fsp3) is 0.200. The Bertz CT molecular complexity index is 827. The summed E-state index contributed by atoms with van der Waals surface area (Å²) >= 11 is 5.79. The van der Waals surface area contributed by atoms with Crippen LogP contribution in [-0.4, -0.2) is 32.9 Å². The summed E-state index contributed by atoms with van der Waals surface area (Å²) in [7, 11) is 1.50. The maximum atomic E-state index is 11.8. The Labute approximate surface area is 162 Å². The summed E-state index contributed by atoms with van der Waals surface area (Å²) in [5.41, 5.74) is 0.727. The van der Waals surface area contributed by atoms with Crippen LogP contribution < -0.4 is 14.2 Å². The molecule has 0 bridgehead atoms. The molecule has 0 radical (unpaired) electrons. The smallest absolute Gasteiger partial charge is 0.330 e. The molecular weight excluding hydrogens is 370 g/mol. The van der Waals surface area contributed by atoms with Crippen LogP contribution in [0.25, 0.3) is 6.08 Å². The molecule has 6 nitrogen and oxygen atoms in total. The van der Waals surface area contributed by atoms with Crippen LogP contribution in [0, 0.1) is 11.3 Å². The Morgan fingerprint density at radius 2 is 1.89 bits per heavy atom. The lowest BCUT2D eigenvalue weighted by atomic mass is 10.2. The lowest BCUT2D eigenvalue weighted by Crippen LogP contribution is -2.10. The van der Waals surface area contributed by atoms with Crippen molar-refractivity contribution in [1.29, 1.82) is 5.26 Å². The lowest BCUT2D eigenvalue weighted by Gasteiger charge is -2.08. The molecular formula is C20H18ClNO5. The van der Waals surface area contributed by atoms with Crippen LogP contribution in [0.5, 0.6) is 17.2 Å². The second-order valence-electron chi connectivity index (χ2n) is 5.16. The van der Waals surface area contributed by atoms with Gasteiger partial charge in [0, 0.05) is 11.1 Å². The first kappa shape index (κ1) is 20.1. The predicted octanol–water partition coefficient (Wildman–Crippen LogP) is 3.89. The molecule has 0 aliphatic heterocycles. The quantitative estimate of drug-likeness (QED) is 0.369. The second-order valence-corrected chi connectivity index (χ2v) is 5.60. The Kier molecular flexibility index (Phi) is 8.01. The zero-order chi connectivity index (χ0) is 19.5. The molecule has 0 aromatic heterocycles. The van der Waals surface area contributed by atoms with Gasteiger partial charge in [0.1, 0.15) is 25.0 Å². The minimum Gasteiger partial charge on any atom is -0.493 e. The van der Waals surface area contributed by atoms with E-state index in [2.05, 4.69) is 0 Å². The van der Waals surface area contributed by atoms with Crippen LogP contribution in [0.4, 0.5) is 0 Å². The van der Waals surface area contributed by atoms with Crippen molar-refractivity contribution in [3.8, 4) is 23.3 Å². The maximum absolute atomic E-state index is 11.8. The number of esters is 1. The van der Waals surface area contributed by atoms with Gasteiger partial charge in [0.2, 0.25) is 0 Å². The summed E-state index contributed by atoms with van der Waals surface area (Å²) in [5.74, 6) is 1.09. The third kappa shape index (κ3) is 6.92. The average Bonchev–Trinajstić information content (AvgIpc) is 2.69. The van der Waals surface area contributed by atoms with Gasteiger partial charge in [0.05, 0.1) is 7.11 Å². The molecule has 7 heteroatoms.